The fourth-order valence-electron chi connectivity index (χ4n) is 2.97. The van der Waals surface area contributed by atoms with Crippen LogP contribution in [0.3, 0.4) is 0 Å². The number of likely N-dealkylation sites (tertiary alicyclic amines) is 1. The van der Waals surface area contributed by atoms with Crippen molar-refractivity contribution in [3.05, 3.63) is 23.8 Å². The van der Waals surface area contributed by atoms with Gasteiger partial charge in [-0.3, -0.25) is 14.5 Å². The van der Waals surface area contributed by atoms with E-state index in [1.54, 1.807) is 21.3 Å². The number of ether oxygens (including phenoxy) is 2. The summed E-state index contributed by atoms with van der Waals surface area (Å²) < 4.78 is 10.7. The number of carbonyl (C=O) groups is 2. The quantitative estimate of drug-likeness (QED) is 0.767. The standard InChI is InChI=1S/C17H25N3O4/c1-18-16(21)10-19-17(22)11-20-8-4-5-14(20)13-7-6-12(23-2)9-15(13)24-3/h6-7,9,14H,4-5,8,10-11H2,1-3H3,(H,18,21)(H,19,22)/t14-/m0/s1. The van der Waals surface area contributed by atoms with Crippen molar-refractivity contribution in [2.45, 2.75) is 18.9 Å². The second kappa shape index (κ2) is 8.54. The van der Waals surface area contributed by atoms with E-state index in [1.165, 1.54) is 0 Å². The van der Waals surface area contributed by atoms with E-state index in [0.717, 1.165) is 36.4 Å². The largest absolute Gasteiger partial charge is 0.497 e. The number of hydrogen-bond donors (Lipinski definition) is 2. The van der Waals surface area contributed by atoms with Crippen molar-refractivity contribution in [1.29, 1.82) is 0 Å². The molecule has 1 aromatic carbocycles. The number of rotatable bonds is 7. The summed E-state index contributed by atoms with van der Waals surface area (Å²) in [4.78, 5) is 25.4. The molecular weight excluding hydrogens is 310 g/mol. The van der Waals surface area contributed by atoms with Gasteiger partial charge < -0.3 is 20.1 Å². The second-order valence-corrected chi connectivity index (χ2v) is 5.69. The third-order valence-corrected chi connectivity index (χ3v) is 4.23. The molecule has 1 aliphatic rings. The molecule has 0 spiro atoms. The van der Waals surface area contributed by atoms with E-state index in [-0.39, 0.29) is 30.9 Å². The Kier molecular flexibility index (Phi) is 6.43. The first-order valence-corrected chi connectivity index (χ1v) is 8.02. The molecule has 7 heteroatoms. The van der Waals surface area contributed by atoms with Gasteiger partial charge in [0, 0.05) is 24.7 Å². The molecule has 132 valence electrons. The highest BCUT2D eigenvalue weighted by Crippen LogP contribution is 2.38. The summed E-state index contributed by atoms with van der Waals surface area (Å²) in [5.74, 6) is 1.14. The average Bonchev–Trinajstić information content (AvgIpc) is 3.06. The molecule has 2 rings (SSSR count). The fourth-order valence-corrected chi connectivity index (χ4v) is 2.97. The summed E-state index contributed by atoms with van der Waals surface area (Å²) in [5.41, 5.74) is 1.05. The first-order valence-electron chi connectivity index (χ1n) is 8.02. The molecule has 0 unspecified atom stereocenters. The molecule has 1 fully saturated rings. The highest BCUT2D eigenvalue weighted by molar-refractivity contribution is 5.85. The maximum absolute atomic E-state index is 12.1. The first kappa shape index (κ1) is 18.1. The van der Waals surface area contributed by atoms with Crippen molar-refractivity contribution < 1.29 is 19.1 Å². The topological polar surface area (TPSA) is 79.9 Å². The van der Waals surface area contributed by atoms with Gasteiger partial charge in [-0.1, -0.05) is 6.07 Å². The van der Waals surface area contributed by atoms with Crippen molar-refractivity contribution in [3.63, 3.8) is 0 Å². The number of likely N-dealkylation sites (N-methyl/N-ethyl adjacent to an activating group) is 1. The fraction of sp³-hybridized carbons (Fsp3) is 0.529. The van der Waals surface area contributed by atoms with E-state index in [0.29, 0.717) is 0 Å². The number of methoxy groups -OCH3 is 2. The van der Waals surface area contributed by atoms with Crippen molar-refractivity contribution in [2.24, 2.45) is 0 Å². The lowest BCUT2D eigenvalue weighted by Crippen LogP contribution is -2.41. The van der Waals surface area contributed by atoms with Gasteiger partial charge in [0.05, 0.1) is 27.3 Å². The molecule has 1 aromatic rings. The molecule has 0 aromatic heterocycles. The van der Waals surface area contributed by atoms with Gasteiger partial charge >= 0.3 is 0 Å². The van der Waals surface area contributed by atoms with Gasteiger partial charge in [0.1, 0.15) is 11.5 Å². The molecule has 7 nitrogen and oxygen atoms in total. The summed E-state index contributed by atoms with van der Waals surface area (Å²) in [6.45, 7) is 1.10. The maximum Gasteiger partial charge on any atom is 0.239 e. The molecule has 0 radical (unpaired) electrons. The Balaban J connectivity index is 2.05. The molecule has 2 N–H and O–H groups in total. The van der Waals surface area contributed by atoms with E-state index in [4.69, 9.17) is 9.47 Å². The number of amides is 2. The molecule has 1 aliphatic heterocycles. The lowest BCUT2D eigenvalue weighted by Gasteiger charge is -2.25. The van der Waals surface area contributed by atoms with Gasteiger partial charge in [0.25, 0.3) is 0 Å². The molecule has 24 heavy (non-hydrogen) atoms. The zero-order chi connectivity index (χ0) is 17.5. The summed E-state index contributed by atoms with van der Waals surface area (Å²) in [7, 11) is 4.79. The molecular formula is C17H25N3O4. The van der Waals surface area contributed by atoms with E-state index >= 15 is 0 Å². The van der Waals surface area contributed by atoms with Gasteiger partial charge in [-0.2, -0.15) is 0 Å². The molecule has 1 heterocycles. The lowest BCUT2D eigenvalue weighted by atomic mass is 10.0. The Hall–Kier alpha value is -2.28. The maximum atomic E-state index is 12.1. The molecule has 1 saturated heterocycles. The van der Waals surface area contributed by atoms with Crippen LogP contribution in [0.1, 0.15) is 24.4 Å². The van der Waals surface area contributed by atoms with Crippen molar-refractivity contribution >= 4 is 11.8 Å². The Labute approximate surface area is 142 Å². The van der Waals surface area contributed by atoms with Crippen LogP contribution in [0.5, 0.6) is 11.5 Å². The van der Waals surface area contributed by atoms with E-state index in [2.05, 4.69) is 15.5 Å². The SMILES string of the molecule is CNC(=O)CNC(=O)CN1CCC[C@H]1c1ccc(OC)cc1OC. The summed E-state index contributed by atoms with van der Waals surface area (Å²) in [5, 5.41) is 5.11. The van der Waals surface area contributed by atoms with Crippen LogP contribution in [0.25, 0.3) is 0 Å². The van der Waals surface area contributed by atoms with Crippen molar-refractivity contribution in [2.75, 3.05) is 40.9 Å². The molecule has 0 saturated carbocycles. The number of nitrogens with zero attached hydrogens (tertiary/aromatic N) is 1. The number of nitrogens with one attached hydrogen (secondary N) is 2. The minimum absolute atomic E-state index is 0.000301. The number of carbonyl (C=O) groups excluding carboxylic acids is 2. The highest BCUT2D eigenvalue weighted by Gasteiger charge is 2.29. The van der Waals surface area contributed by atoms with Gasteiger partial charge in [-0.25, -0.2) is 0 Å². The van der Waals surface area contributed by atoms with Gasteiger partial charge in [-0.05, 0) is 25.5 Å². The predicted octanol–water partition coefficient (Wildman–Crippen LogP) is 0.703. The normalized spacial score (nSPS) is 17.4. The van der Waals surface area contributed by atoms with E-state index in [9.17, 15) is 9.59 Å². The van der Waals surface area contributed by atoms with Crippen LogP contribution < -0.4 is 20.1 Å². The summed E-state index contributed by atoms with van der Waals surface area (Å²) in [6, 6.07) is 5.87. The summed E-state index contributed by atoms with van der Waals surface area (Å²) in [6.07, 6.45) is 1.98. The minimum Gasteiger partial charge on any atom is -0.497 e. The van der Waals surface area contributed by atoms with Crippen LogP contribution in [0, 0.1) is 0 Å². The zero-order valence-electron chi connectivity index (χ0n) is 14.4. The number of hydrogen-bond acceptors (Lipinski definition) is 5. The zero-order valence-corrected chi connectivity index (χ0v) is 14.4. The Morgan fingerprint density at radius 3 is 2.71 bits per heavy atom. The number of benzene rings is 1. The van der Waals surface area contributed by atoms with Crippen LogP contribution in [0.2, 0.25) is 0 Å². The molecule has 2 amide bonds. The molecule has 0 aliphatic carbocycles. The summed E-state index contributed by atoms with van der Waals surface area (Å²) >= 11 is 0. The van der Waals surface area contributed by atoms with Crippen molar-refractivity contribution in [1.82, 2.24) is 15.5 Å². The van der Waals surface area contributed by atoms with Crippen LogP contribution in [-0.2, 0) is 9.59 Å². The smallest absolute Gasteiger partial charge is 0.239 e. The molecule has 1 atom stereocenters. The Morgan fingerprint density at radius 1 is 1.25 bits per heavy atom. The third kappa shape index (κ3) is 4.38. The third-order valence-electron chi connectivity index (χ3n) is 4.23. The van der Waals surface area contributed by atoms with Crippen LogP contribution in [-0.4, -0.2) is 57.6 Å². The van der Waals surface area contributed by atoms with Gasteiger partial charge in [0.15, 0.2) is 0 Å². The Morgan fingerprint density at radius 2 is 2.04 bits per heavy atom. The highest BCUT2D eigenvalue weighted by atomic mass is 16.5. The minimum atomic E-state index is -0.210. The van der Waals surface area contributed by atoms with Gasteiger partial charge in [0.2, 0.25) is 11.8 Å². The Bertz CT molecular complexity index is 591. The predicted molar refractivity (Wildman–Crippen MR) is 90.2 cm³/mol. The first-order chi connectivity index (χ1) is 11.6. The average molecular weight is 335 g/mol. The second-order valence-electron chi connectivity index (χ2n) is 5.69. The van der Waals surface area contributed by atoms with Gasteiger partial charge in [-0.15, -0.1) is 0 Å². The van der Waals surface area contributed by atoms with Crippen LogP contribution >= 0.6 is 0 Å². The van der Waals surface area contributed by atoms with Crippen LogP contribution in [0.4, 0.5) is 0 Å². The van der Waals surface area contributed by atoms with Crippen molar-refractivity contribution in [3.8, 4) is 11.5 Å². The lowest BCUT2D eigenvalue weighted by molar-refractivity contribution is -0.126. The van der Waals surface area contributed by atoms with Crippen LogP contribution in [0.15, 0.2) is 18.2 Å². The van der Waals surface area contributed by atoms with E-state index in [1.807, 2.05) is 18.2 Å². The molecule has 0 bridgehead atoms. The monoisotopic (exact) mass is 335 g/mol. The van der Waals surface area contributed by atoms with E-state index < -0.39 is 0 Å².